The third-order valence-electron chi connectivity index (χ3n) is 5.60. The number of nitriles is 2. The fourth-order valence-corrected chi connectivity index (χ4v) is 5.13. The lowest BCUT2D eigenvalue weighted by Crippen LogP contribution is -2.20. The molecule has 3 aromatic carbocycles. The maximum Gasteiger partial charge on any atom is 0.237 e. The highest BCUT2D eigenvalue weighted by Crippen LogP contribution is 2.39. The number of hydrogen-bond acceptors (Lipinski definition) is 9. The van der Waals surface area contributed by atoms with Crippen molar-refractivity contribution in [1.29, 1.82) is 10.5 Å². The minimum atomic E-state index is -1.96. The van der Waals surface area contributed by atoms with Gasteiger partial charge in [-0.3, -0.25) is 9.00 Å². The van der Waals surface area contributed by atoms with Crippen LogP contribution < -0.4 is 20.1 Å². The lowest BCUT2D eigenvalue weighted by Gasteiger charge is -2.15. The van der Waals surface area contributed by atoms with Crippen LogP contribution in [0, 0.1) is 22.7 Å². The van der Waals surface area contributed by atoms with Gasteiger partial charge in [0, 0.05) is 23.2 Å². The van der Waals surface area contributed by atoms with E-state index in [1.54, 1.807) is 54.6 Å². The molecule has 0 bridgehead atoms. The van der Waals surface area contributed by atoms with E-state index in [1.165, 1.54) is 20.3 Å². The molecule has 4 rings (SSSR count). The van der Waals surface area contributed by atoms with Crippen LogP contribution in [0.3, 0.4) is 0 Å². The molecule has 0 aliphatic rings. The van der Waals surface area contributed by atoms with Crippen molar-refractivity contribution >= 4 is 74.1 Å². The van der Waals surface area contributed by atoms with Gasteiger partial charge in [0.1, 0.15) is 22.4 Å². The van der Waals surface area contributed by atoms with Gasteiger partial charge < -0.3 is 20.1 Å². The monoisotopic (exact) mass is 606 g/mol. The van der Waals surface area contributed by atoms with Crippen molar-refractivity contribution < 1.29 is 18.5 Å². The zero-order valence-electron chi connectivity index (χ0n) is 21.6. The van der Waals surface area contributed by atoms with Gasteiger partial charge in [-0.05, 0) is 54.1 Å². The Morgan fingerprint density at radius 1 is 1.02 bits per heavy atom. The van der Waals surface area contributed by atoms with Gasteiger partial charge in [-0.15, -0.1) is 0 Å². The fraction of sp³-hybridized carbons (Fsp3) is 0.107. The minimum absolute atomic E-state index is 0.122. The molecule has 0 spiro atoms. The number of allylic oxidation sites excluding steroid dienone is 1. The maximum atomic E-state index is 13.3. The average molecular weight is 607 g/mol. The van der Waals surface area contributed by atoms with Gasteiger partial charge in [-0.1, -0.05) is 23.2 Å². The second kappa shape index (κ2) is 13.1. The Morgan fingerprint density at radius 2 is 1.68 bits per heavy atom. The highest BCUT2D eigenvalue weighted by Gasteiger charge is 2.20. The van der Waals surface area contributed by atoms with Gasteiger partial charge in [0.05, 0.1) is 53.2 Å². The van der Waals surface area contributed by atoms with Crippen molar-refractivity contribution in [3.8, 4) is 23.6 Å². The number of anilines is 3. The van der Waals surface area contributed by atoms with Gasteiger partial charge in [0.2, 0.25) is 11.1 Å². The molecule has 1 unspecified atom stereocenters. The number of benzene rings is 3. The van der Waals surface area contributed by atoms with E-state index in [0.29, 0.717) is 44.9 Å². The average Bonchev–Trinajstić information content (AvgIpc) is 2.97. The summed E-state index contributed by atoms with van der Waals surface area (Å²) in [6.45, 7) is 0. The van der Waals surface area contributed by atoms with Crippen molar-refractivity contribution in [2.24, 2.45) is 0 Å². The quantitative estimate of drug-likeness (QED) is 0.176. The predicted octanol–water partition coefficient (Wildman–Crippen LogP) is 5.85. The number of rotatable bonds is 9. The Hall–Kier alpha value is -4.68. The van der Waals surface area contributed by atoms with E-state index < -0.39 is 22.5 Å². The van der Waals surface area contributed by atoms with Crippen molar-refractivity contribution in [1.82, 2.24) is 9.97 Å². The maximum absolute atomic E-state index is 13.3. The minimum Gasteiger partial charge on any atom is -0.493 e. The molecule has 0 aliphatic heterocycles. The van der Waals surface area contributed by atoms with Crippen molar-refractivity contribution in [3.63, 3.8) is 0 Å². The molecule has 0 fully saturated rings. The van der Waals surface area contributed by atoms with E-state index in [4.69, 9.17) is 43.2 Å². The molecular weight excluding hydrogens is 587 g/mol. The first-order valence-electron chi connectivity index (χ1n) is 11.7. The number of amides is 1. The molecular formula is C28H20Cl2N6O4S. The summed E-state index contributed by atoms with van der Waals surface area (Å²) in [6, 6.07) is 16.6. The molecule has 206 valence electrons. The highest BCUT2D eigenvalue weighted by molar-refractivity contribution is 7.85. The third-order valence-corrected chi connectivity index (χ3v) is 7.31. The zero-order valence-corrected chi connectivity index (χ0v) is 23.9. The van der Waals surface area contributed by atoms with Crippen LogP contribution in [0.15, 0.2) is 59.8 Å². The number of halogens is 2. The molecule has 2 N–H and O–H groups in total. The molecule has 41 heavy (non-hydrogen) atoms. The summed E-state index contributed by atoms with van der Waals surface area (Å²) in [5, 5.41) is 24.3. The van der Waals surface area contributed by atoms with Crippen LogP contribution in [0.2, 0.25) is 10.0 Å². The number of hydrogen-bond donors (Lipinski definition) is 2. The first-order chi connectivity index (χ1) is 19.8. The normalized spacial score (nSPS) is 11.5. The number of methoxy groups -OCH3 is 2. The molecule has 0 radical (unpaired) electrons. The standard InChI is InChI=1S/C28H20Cl2N6O4S/c1-39-23-12-19-22(13-24(23)40-2)34-28(41(38)15-25(37)33-18-7-5-16(14-32)6-8-18)36-27(19)35-26-20(29)10-17(4-3-9-31)11-21(26)30/h3-8,10-13H,15H2,1-2H3,(H,33,37)(H,34,35,36)/b4-3+. The van der Waals surface area contributed by atoms with E-state index in [-0.39, 0.29) is 21.0 Å². The number of carbonyl (C=O) groups excluding carboxylic acids is 1. The predicted molar refractivity (Wildman–Crippen MR) is 158 cm³/mol. The molecule has 1 atom stereocenters. The molecule has 1 amide bonds. The number of ether oxygens (including phenoxy) is 2. The lowest BCUT2D eigenvalue weighted by molar-refractivity contribution is -0.113. The Labute approximate surface area is 247 Å². The number of carbonyl (C=O) groups is 1. The van der Waals surface area contributed by atoms with Crippen LogP contribution in [-0.4, -0.2) is 40.1 Å². The summed E-state index contributed by atoms with van der Waals surface area (Å²) >= 11 is 13.0. The number of fused-ring (bicyclic) bond motifs is 1. The number of aromatic nitrogens is 2. The molecule has 4 aromatic rings. The summed E-state index contributed by atoms with van der Waals surface area (Å²) in [5.41, 5.74) is 2.17. The topological polar surface area (TPSA) is 150 Å². The molecule has 0 saturated heterocycles. The third kappa shape index (κ3) is 6.91. The van der Waals surface area contributed by atoms with Crippen LogP contribution >= 0.6 is 23.2 Å². The van der Waals surface area contributed by atoms with Gasteiger partial charge in [0.25, 0.3) is 0 Å². The molecule has 13 heteroatoms. The Bertz CT molecular complexity index is 1760. The van der Waals surface area contributed by atoms with Crippen molar-refractivity contribution in [3.05, 3.63) is 75.8 Å². The van der Waals surface area contributed by atoms with Crippen LogP contribution in [0.5, 0.6) is 11.5 Å². The Morgan fingerprint density at radius 3 is 2.29 bits per heavy atom. The second-order valence-electron chi connectivity index (χ2n) is 8.25. The van der Waals surface area contributed by atoms with Crippen LogP contribution in [-0.2, 0) is 15.6 Å². The second-order valence-corrected chi connectivity index (χ2v) is 10.4. The Kier molecular flexibility index (Phi) is 9.37. The summed E-state index contributed by atoms with van der Waals surface area (Å²) in [4.78, 5) is 21.5. The molecule has 1 heterocycles. The summed E-state index contributed by atoms with van der Waals surface area (Å²) in [6.07, 6.45) is 2.86. The van der Waals surface area contributed by atoms with Crippen LogP contribution in [0.4, 0.5) is 17.2 Å². The van der Waals surface area contributed by atoms with Crippen LogP contribution in [0.25, 0.3) is 17.0 Å². The van der Waals surface area contributed by atoms with E-state index in [9.17, 15) is 9.00 Å². The van der Waals surface area contributed by atoms with E-state index in [2.05, 4.69) is 20.6 Å². The lowest BCUT2D eigenvalue weighted by atomic mass is 10.1. The summed E-state index contributed by atoms with van der Waals surface area (Å²) in [7, 11) is 0.996. The highest BCUT2D eigenvalue weighted by atomic mass is 35.5. The van der Waals surface area contributed by atoms with Crippen molar-refractivity contribution in [2.75, 3.05) is 30.6 Å². The molecule has 10 nitrogen and oxygen atoms in total. The first kappa shape index (κ1) is 29.3. The Balaban J connectivity index is 1.72. The van der Waals surface area contributed by atoms with E-state index >= 15 is 0 Å². The summed E-state index contributed by atoms with van der Waals surface area (Å²) in [5.74, 6) is 0.0161. The number of nitrogens with one attached hydrogen (secondary N) is 2. The molecule has 0 aliphatic carbocycles. The number of nitrogens with zero attached hydrogens (tertiary/aromatic N) is 4. The molecule has 0 saturated carbocycles. The van der Waals surface area contributed by atoms with Crippen LogP contribution in [0.1, 0.15) is 11.1 Å². The fourth-order valence-electron chi connectivity index (χ4n) is 3.70. The van der Waals surface area contributed by atoms with E-state index in [1.807, 2.05) is 12.1 Å². The smallest absolute Gasteiger partial charge is 0.237 e. The molecule has 1 aromatic heterocycles. The van der Waals surface area contributed by atoms with Gasteiger partial charge in [-0.2, -0.15) is 10.5 Å². The van der Waals surface area contributed by atoms with Gasteiger partial charge in [-0.25, -0.2) is 9.97 Å². The van der Waals surface area contributed by atoms with Crippen molar-refractivity contribution in [2.45, 2.75) is 5.16 Å². The van der Waals surface area contributed by atoms with Gasteiger partial charge in [0.15, 0.2) is 11.5 Å². The van der Waals surface area contributed by atoms with Gasteiger partial charge >= 0.3 is 0 Å². The summed E-state index contributed by atoms with van der Waals surface area (Å²) < 4.78 is 24.1. The SMILES string of the molecule is COc1cc2nc(S(=O)CC(=O)Nc3ccc(C#N)cc3)nc(Nc3c(Cl)cc(/C=C/C#N)cc3Cl)c2cc1OC. The largest absolute Gasteiger partial charge is 0.493 e. The van der Waals surface area contributed by atoms with E-state index in [0.717, 1.165) is 0 Å². The zero-order chi connectivity index (χ0) is 29.5. The first-order valence-corrected chi connectivity index (χ1v) is 13.8.